The molecule has 0 saturated carbocycles. The third-order valence-electron chi connectivity index (χ3n) is 2.93. The second-order valence-corrected chi connectivity index (χ2v) is 6.89. The molecule has 2 aromatic rings. The number of rotatable bonds is 6. The quantitative estimate of drug-likeness (QED) is 0.780. The van der Waals surface area contributed by atoms with E-state index in [1.165, 1.54) is 4.88 Å². The van der Waals surface area contributed by atoms with Gasteiger partial charge >= 0.3 is 0 Å². The molecule has 1 N–H and O–H groups in total. The Balaban J connectivity index is 2.12. The van der Waals surface area contributed by atoms with Gasteiger partial charge in [0.1, 0.15) is 6.07 Å². The molecule has 1 aromatic heterocycles. The number of nitriles is 1. The molecule has 1 heterocycles. The molecule has 1 aromatic carbocycles. The standard InChI is InChI=1S/C16H18N2S2/c1-3-19-16-8-4-7-15(14(16)11-17)18-12(2)10-13-6-5-9-20-13/h4-9,12,18H,3,10H2,1-2H3. The van der Waals surface area contributed by atoms with Gasteiger partial charge < -0.3 is 5.32 Å². The van der Waals surface area contributed by atoms with Crippen LogP contribution in [0.4, 0.5) is 5.69 Å². The minimum Gasteiger partial charge on any atom is -0.381 e. The van der Waals surface area contributed by atoms with Crippen molar-refractivity contribution in [1.29, 1.82) is 5.26 Å². The van der Waals surface area contributed by atoms with Crippen LogP contribution in [0.5, 0.6) is 0 Å². The lowest BCUT2D eigenvalue weighted by molar-refractivity contribution is 0.799. The minimum atomic E-state index is 0.308. The van der Waals surface area contributed by atoms with Gasteiger partial charge in [-0.25, -0.2) is 0 Å². The first-order valence-electron chi connectivity index (χ1n) is 6.69. The molecule has 2 nitrogen and oxygen atoms in total. The van der Waals surface area contributed by atoms with Crippen LogP contribution < -0.4 is 5.32 Å². The third kappa shape index (κ3) is 3.78. The highest BCUT2D eigenvalue weighted by atomic mass is 32.2. The molecule has 0 bridgehead atoms. The topological polar surface area (TPSA) is 35.8 Å². The molecular weight excluding hydrogens is 284 g/mol. The maximum Gasteiger partial charge on any atom is 0.102 e. The molecule has 2 rings (SSSR count). The van der Waals surface area contributed by atoms with E-state index in [0.29, 0.717) is 6.04 Å². The number of hydrogen-bond acceptors (Lipinski definition) is 4. The molecule has 1 atom stereocenters. The summed E-state index contributed by atoms with van der Waals surface area (Å²) in [7, 11) is 0. The minimum absolute atomic E-state index is 0.308. The Bertz CT molecular complexity index is 585. The van der Waals surface area contributed by atoms with Gasteiger partial charge in [-0.3, -0.25) is 0 Å². The van der Waals surface area contributed by atoms with E-state index in [2.05, 4.69) is 42.7 Å². The summed E-state index contributed by atoms with van der Waals surface area (Å²) in [5, 5.41) is 15.0. The number of thioether (sulfide) groups is 1. The van der Waals surface area contributed by atoms with Crippen LogP contribution >= 0.6 is 23.1 Å². The molecule has 4 heteroatoms. The summed E-state index contributed by atoms with van der Waals surface area (Å²) in [6, 6.07) is 12.9. The highest BCUT2D eigenvalue weighted by Gasteiger charge is 2.11. The van der Waals surface area contributed by atoms with Crippen molar-refractivity contribution in [2.75, 3.05) is 11.1 Å². The summed E-state index contributed by atoms with van der Waals surface area (Å²) in [6.45, 7) is 4.26. The van der Waals surface area contributed by atoms with Gasteiger partial charge in [-0.15, -0.1) is 23.1 Å². The molecule has 0 saturated heterocycles. The largest absolute Gasteiger partial charge is 0.381 e. The Hall–Kier alpha value is -1.44. The first-order valence-corrected chi connectivity index (χ1v) is 8.56. The van der Waals surface area contributed by atoms with Crippen molar-refractivity contribution in [3.63, 3.8) is 0 Å². The maximum atomic E-state index is 9.39. The van der Waals surface area contributed by atoms with Gasteiger partial charge in [0, 0.05) is 22.2 Å². The highest BCUT2D eigenvalue weighted by Crippen LogP contribution is 2.28. The van der Waals surface area contributed by atoms with E-state index in [-0.39, 0.29) is 0 Å². The Morgan fingerprint density at radius 1 is 1.35 bits per heavy atom. The van der Waals surface area contributed by atoms with Crippen LogP contribution in [-0.4, -0.2) is 11.8 Å². The second kappa shape index (κ2) is 7.37. The van der Waals surface area contributed by atoms with E-state index in [9.17, 15) is 5.26 Å². The average Bonchev–Trinajstić information content (AvgIpc) is 2.92. The summed E-state index contributed by atoms with van der Waals surface area (Å²) in [6.07, 6.45) is 0.980. The Morgan fingerprint density at radius 2 is 2.20 bits per heavy atom. The molecular formula is C16H18N2S2. The summed E-state index contributed by atoms with van der Waals surface area (Å²) in [4.78, 5) is 2.42. The molecule has 20 heavy (non-hydrogen) atoms. The molecule has 0 aliphatic carbocycles. The van der Waals surface area contributed by atoms with Crippen LogP contribution in [0.1, 0.15) is 24.3 Å². The Kier molecular flexibility index (Phi) is 5.51. The first-order chi connectivity index (χ1) is 9.74. The number of nitrogens with zero attached hydrogens (tertiary/aromatic N) is 1. The lowest BCUT2D eigenvalue weighted by Crippen LogP contribution is -2.18. The summed E-state index contributed by atoms with van der Waals surface area (Å²) < 4.78 is 0. The van der Waals surface area contributed by atoms with Crippen molar-refractivity contribution in [2.24, 2.45) is 0 Å². The van der Waals surface area contributed by atoms with E-state index < -0.39 is 0 Å². The predicted octanol–water partition coefficient (Wildman–Crippen LogP) is 4.77. The number of nitrogens with one attached hydrogen (secondary N) is 1. The first kappa shape index (κ1) is 15.0. The van der Waals surface area contributed by atoms with E-state index in [1.807, 2.05) is 18.2 Å². The van der Waals surface area contributed by atoms with Crippen LogP contribution in [-0.2, 0) is 6.42 Å². The Labute approximate surface area is 128 Å². The zero-order valence-corrected chi connectivity index (χ0v) is 13.4. The SMILES string of the molecule is CCSc1cccc(NC(C)Cc2cccs2)c1C#N. The molecule has 0 aliphatic rings. The van der Waals surface area contributed by atoms with Gasteiger partial charge in [-0.05, 0) is 36.3 Å². The molecule has 0 amide bonds. The van der Waals surface area contributed by atoms with Crippen LogP contribution in [0.2, 0.25) is 0 Å². The lowest BCUT2D eigenvalue weighted by atomic mass is 10.1. The molecule has 0 fully saturated rings. The van der Waals surface area contributed by atoms with Crippen molar-refractivity contribution < 1.29 is 0 Å². The maximum absolute atomic E-state index is 9.39. The fourth-order valence-corrected chi connectivity index (χ4v) is 3.71. The summed E-state index contributed by atoms with van der Waals surface area (Å²) in [5.41, 5.74) is 1.70. The van der Waals surface area contributed by atoms with Crippen LogP contribution in [0, 0.1) is 11.3 Å². The number of thiophene rings is 1. The smallest absolute Gasteiger partial charge is 0.102 e. The van der Waals surface area contributed by atoms with Crippen molar-refractivity contribution in [1.82, 2.24) is 0 Å². The predicted molar refractivity (Wildman–Crippen MR) is 88.7 cm³/mol. The molecule has 0 aliphatic heterocycles. The zero-order chi connectivity index (χ0) is 14.4. The fourth-order valence-electron chi connectivity index (χ4n) is 2.09. The Morgan fingerprint density at radius 3 is 2.85 bits per heavy atom. The van der Waals surface area contributed by atoms with E-state index >= 15 is 0 Å². The van der Waals surface area contributed by atoms with Gasteiger partial charge in [0.05, 0.1) is 11.3 Å². The van der Waals surface area contributed by atoms with Crippen molar-refractivity contribution in [3.05, 3.63) is 46.2 Å². The van der Waals surface area contributed by atoms with E-state index in [4.69, 9.17) is 0 Å². The normalized spacial score (nSPS) is 11.8. The number of benzene rings is 1. The second-order valence-electron chi connectivity index (χ2n) is 4.55. The van der Waals surface area contributed by atoms with Crippen molar-refractivity contribution >= 4 is 28.8 Å². The van der Waals surface area contributed by atoms with E-state index in [1.54, 1.807) is 23.1 Å². The average molecular weight is 302 g/mol. The monoisotopic (exact) mass is 302 g/mol. The number of hydrogen-bond donors (Lipinski definition) is 1. The van der Waals surface area contributed by atoms with Crippen LogP contribution in [0.3, 0.4) is 0 Å². The third-order valence-corrected chi connectivity index (χ3v) is 4.77. The number of anilines is 1. The summed E-state index contributed by atoms with van der Waals surface area (Å²) >= 11 is 3.49. The van der Waals surface area contributed by atoms with Crippen LogP contribution in [0.25, 0.3) is 0 Å². The van der Waals surface area contributed by atoms with Gasteiger partial charge in [-0.2, -0.15) is 5.26 Å². The molecule has 1 unspecified atom stereocenters. The van der Waals surface area contributed by atoms with Gasteiger partial charge in [0.2, 0.25) is 0 Å². The van der Waals surface area contributed by atoms with Crippen molar-refractivity contribution in [2.45, 2.75) is 31.2 Å². The van der Waals surface area contributed by atoms with Crippen LogP contribution in [0.15, 0.2) is 40.6 Å². The van der Waals surface area contributed by atoms with Crippen molar-refractivity contribution in [3.8, 4) is 6.07 Å². The summed E-state index contributed by atoms with van der Waals surface area (Å²) in [5.74, 6) is 0.975. The fraction of sp³-hybridized carbons (Fsp3) is 0.312. The zero-order valence-electron chi connectivity index (χ0n) is 11.7. The molecule has 0 radical (unpaired) electrons. The molecule has 0 spiro atoms. The van der Waals surface area contributed by atoms with E-state index in [0.717, 1.165) is 28.3 Å². The highest BCUT2D eigenvalue weighted by molar-refractivity contribution is 7.99. The van der Waals surface area contributed by atoms with Gasteiger partial charge in [-0.1, -0.05) is 19.1 Å². The lowest BCUT2D eigenvalue weighted by Gasteiger charge is -2.17. The van der Waals surface area contributed by atoms with Gasteiger partial charge in [0.25, 0.3) is 0 Å². The molecule has 104 valence electrons. The van der Waals surface area contributed by atoms with Gasteiger partial charge in [0.15, 0.2) is 0 Å².